The van der Waals surface area contributed by atoms with Gasteiger partial charge in [-0.05, 0) is 45.7 Å². The van der Waals surface area contributed by atoms with Crippen molar-refractivity contribution in [3.8, 4) is 17.2 Å². The van der Waals surface area contributed by atoms with Crippen molar-refractivity contribution in [2.45, 2.75) is 45.3 Å². The summed E-state index contributed by atoms with van der Waals surface area (Å²) in [5.74, 6) is 1.22. The first-order valence-corrected chi connectivity index (χ1v) is 8.84. The molecule has 1 aliphatic rings. The van der Waals surface area contributed by atoms with Gasteiger partial charge in [-0.25, -0.2) is 4.79 Å². The fourth-order valence-electron chi connectivity index (χ4n) is 2.94. The third-order valence-electron chi connectivity index (χ3n) is 4.02. The fourth-order valence-corrected chi connectivity index (χ4v) is 3.19. The number of benzene rings is 1. The molecule has 1 unspecified atom stereocenters. The average molecular weight is 380 g/mol. The molecule has 0 spiro atoms. The van der Waals surface area contributed by atoms with Crippen molar-refractivity contribution in [3.63, 3.8) is 0 Å². The maximum atomic E-state index is 12.4. The van der Waals surface area contributed by atoms with E-state index in [1.54, 1.807) is 23.1 Å². The van der Waals surface area contributed by atoms with Gasteiger partial charge in [0.25, 0.3) is 5.89 Å². The lowest BCUT2D eigenvalue weighted by Gasteiger charge is -2.27. The van der Waals surface area contributed by atoms with E-state index in [0.29, 0.717) is 34.6 Å². The fraction of sp³-hybridized carbons (Fsp3) is 0.500. The first-order chi connectivity index (χ1) is 12.3. The van der Waals surface area contributed by atoms with Crippen molar-refractivity contribution in [3.05, 3.63) is 29.0 Å². The van der Waals surface area contributed by atoms with Gasteiger partial charge >= 0.3 is 6.09 Å². The molecule has 1 fully saturated rings. The van der Waals surface area contributed by atoms with Crippen molar-refractivity contribution < 1.29 is 18.8 Å². The van der Waals surface area contributed by atoms with Crippen LogP contribution in [0.5, 0.6) is 5.75 Å². The number of nitrogens with zero attached hydrogens (tertiary/aromatic N) is 3. The zero-order valence-corrected chi connectivity index (χ0v) is 16.0. The summed E-state index contributed by atoms with van der Waals surface area (Å²) in [4.78, 5) is 18.6. The molecular weight excluding hydrogens is 358 g/mol. The summed E-state index contributed by atoms with van der Waals surface area (Å²) in [7, 11) is 1.53. The Kier molecular flexibility index (Phi) is 5.09. The van der Waals surface area contributed by atoms with Gasteiger partial charge in [0.15, 0.2) is 5.82 Å². The lowest BCUT2D eigenvalue weighted by Crippen LogP contribution is -2.36. The van der Waals surface area contributed by atoms with Crippen LogP contribution in [0.25, 0.3) is 11.5 Å². The highest BCUT2D eigenvalue weighted by atomic mass is 35.5. The normalized spacial score (nSPS) is 17.4. The lowest BCUT2D eigenvalue weighted by atomic mass is 10.2. The molecule has 7 nitrogen and oxygen atoms in total. The van der Waals surface area contributed by atoms with Crippen molar-refractivity contribution in [1.29, 1.82) is 0 Å². The molecule has 0 saturated carbocycles. The highest BCUT2D eigenvalue weighted by Crippen LogP contribution is 2.37. The maximum Gasteiger partial charge on any atom is 0.410 e. The van der Waals surface area contributed by atoms with E-state index in [1.807, 2.05) is 20.8 Å². The number of likely N-dealkylation sites (tertiary alicyclic amines) is 1. The maximum absolute atomic E-state index is 12.4. The van der Waals surface area contributed by atoms with Crippen LogP contribution in [0.2, 0.25) is 5.02 Å². The van der Waals surface area contributed by atoms with E-state index in [-0.39, 0.29) is 12.1 Å². The minimum absolute atomic E-state index is 0.271. The van der Waals surface area contributed by atoms with Gasteiger partial charge in [0.2, 0.25) is 0 Å². The molecule has 0 radical (unpaired) electrons. The number of methoxy groups -OCH3 is 1. The zero-order valence-electron chi connectivity index (χ0n) is 15.3. The monoisotopic (exact) mass is 379 g/mol. The van der Waals surface area contributed by atoms with Crippen LogP contribution in [-0.2, 0) is 4.74 Å². The molecule has 8 heteroatoms. The minimum atomic E-state index is -0.555. The molecule has 1 saturated heterocycles. The first-order valence-electron chi connectivity index (χ1n) is 8.46. The second-order valence-electron chi connectivity index (χ2n) is 7.11. The molecule has 2 heterocycles. The number of aromatic nitrogens is 2. The number of hydrogen-bond acceptors (Lipinski definition) is 6. The topological polar surface area (TPSA) is 77.7 Å². The van der Waals surface area contributed by atoms with Crippen molar-refractivity contribution >= 4 is 17.7 Å². The smallest absolute Gasteiger partial charge is 0.410 e. The molecule has 3 rings (SSSR count). The van der Waals surface area contributed by atoms with Gasteiger partial charge in [0, 0.05) is 6.54 Å². The van der Waals surface area contributed by atoms with Gasteiger partial charge in [-0.1, -0.05) is 22.8 Å². The highest BCUT2D eigenvalue weighted by molar-refractivity contribution is 6.32. The molecule has 26 heavy (non-hydrogen) atoms. The van der Waals surface area contributed by atoms with Crippen LogP contribution in [0.3, 0.4) is 0 Å². The van der Waals surface area contributed by atoms with Gasteiger partial charge in [-0.3, -0.25) is 4.90 Å². The van der Waals surface area contributed by atoms with Crippen molar-refractivity contribution in [1.82, 2.24) is 15.0 Å². The first kappa shape index (κ1) is 18.5. The van der Waals surface area contributed by atoms with Crippen LogP contribution < -0.4 is 4.74 Å². The molecule has 140 valence electrons. The van der Waals surface area contributed by atoms with Crippen molar-refractivity contribution in [2.24, 2.45) is 0 Å². The molecule has 1 aliphatic heterocycles. The molecule has 1 atom stereocenters. The van der Waals surface area contributed by atoms with Gasteiger partial charge in [-0.15, -0.1) is 0 Å². The number of halogens is 1. The number of carbonyl (C=O) groups excluding carboxylic acids is 1. The number of rotatable bonds is 3. The van der Waals surface area contributed by atoms with Gasteiger partial charge < -0.3 is 14.0 Å². The Hall–Kier alpha value is -2.28. The van der Waals surface area contributed by atoms with E-state index >= 15 is 0 Å². The van der Waals surface area contributed by atoms with E-state index in [4.69, 9.17) is 25.6 Å². The number of carbonyl (C=O) groups is 1. The molecule has 0 aliphatic carbocycles. The highest BCUT2D eigenvalue weighted by Gasteiger charge is 2.36. The second kappa shape index (κ2) is 7.15. The van der Waals surface area contributed by atoms with E-state index in [2.05, 4.69) is 10.1 Å². The van der Waals surface area contributed by atoms with Crippen LogP contribution in [0, 0.1) is 0 Å². The Morgan fingerprint density at radius 3 is 2.85 bits per heavy atom. The Bertz CT molecular complexity index is 800. The number of para-hydroxylation sites is 1. The largest absolute Gasteiger partial charge is 0.494 e. The average Bonchev–Trinajstić information content (AvgIpc) is 3.22. The summed E-state index contributed by atoms with van der Waals surface area (Å²) >= 11 is 6.16. The Morgan fingerprint density at radius 2 is 2.15 bits per heavy atom. The summed E-state index contributed by atoms with van der Waals surface area (Å²) in [5.41, 5.74) is 0.0569. The molecule has 1 aromatic carbocycles. The quantitative estimate of drug-likeness (QED) is 0.782. The van der Waals surface area contributed by atoms with E-state index in [9.17, 15) is 4.79 Å². The van der Waals surface area contributed by atoms with Crippen LogP contribution >= 0.6 is 11.6 Å². The second-order valence-corrected chi connectivity index (χ2v) is 7.52. The standard InChI is InChI=1S/C18H22ClN3O4/c1-18(2,3)25-17(23)22-10-6-9-13(22)15-20-16(26-21-15)11-7-5-8-12(19)14(11)24-4/h5,7-8,13H,6,9-10H2,1-4H3. The zero-order chi connectivity index (χ0) is 18.9. The molecular formula is C18H22ClN3O4. The van der Waals surface area contributed by atoms with Crippen LogP contribution in [0.1, 0.15) is 45.5 Å². The summed E-state index contributed by atoms with van der Waals surface area (Å²) in [5, 5.41) is 4.53. The van der Waals surface area contributed by atoms with Crippen LogP contribution in [-0.4, -0.2) is 40.4 Å². The molecule has 2 aromatic rings. The summed E-state index contributed by atoms with van der Waals surface area (Å²) < 4.78 is 16.2. The third-order valence-corrected chi connectivity index (χ3v) is 4.32. The predicted molar refractivity (Wildman–Crippen MR) is 96.2 cm³/mol. The Labute approximate surface area is 157 Å². The Morgan fingerprint density at radius 1 is 1.38 bits per heavy atom. The number of ether oxygens (including phenoxy) is 2. The van der Waals surface area contributed by atoms with Crippen molar-refractivity contribution in [2.75, 3.05) is 13.7 Å². The van der Waals surface area contributed by atoms with Gasteiger partial charge in [0.05, 0.1) is 23.7 Å². The van der Waals surface area contributed by atoms with E-state index in [0.717, 1.165) is 12.8 Å². The molecule has 0 N–H and O–H groups in total. The Balaban J connectivity index is 1.85. The van der Waals surface area contributed by atoms with E-state index < -0.39 is 5.60 Å². The molecule has 1 aromatic heterocycles. The lowest BCUT2D eigenvalue weighted by molar-refractivity contribution is 0.0217. The summed E-state index contributed by atoms with van der Waals surface area (Å²) in [6.45, 7) is 6.12. The van der Waals surface area contributed by atoms with Crippen LogP contribution in [0.4, 0.5) is 4.79 Å². The predicted octanol–water partition coefficient (Wildman–Crippen LogP) is 4.47. The molecule has 1 amide bonds. The van der Waals surface area contributed by atoms with E-state index in [1.165, 1.54) is 7.11 Å². The van der Waals surface area contributed by atoms with Gasteiger partial charge in [-0.2, -0.15) is 4.98 Å². The minimum Gasteiger partial charge on any atom is -0.494 e. The van der Waals surface area contributed by atoms with Gasteiger partial charge in [0.1, 0.15) is 11.4 Å². The molecule has 0 bridgehead atoms. The SMILES string of the molecule is COc1c(Cl)cccc1-c1nc(C2CCCN2C(=O)OC(C)(C)C)no1. The number of hydrogen-bond donors (Lipinski definition) is 0. The van der Waals surface area contributed by atoms with Crippen LogP contribution in [0.15, 0.2) is 22.7 Å². The summed E-state index contributed by atoms with van der Waals surface area (Å²) in [6.07, 6.45) is 1.24. The third kappa shape index (κ3) is 3.77. The number of amides is 1. The summed E-state index contributed by atoms with van der Waals surface area (Å²) in [6, 6.07) is 5.03.